The van der Waals surface area contributed by atoms with Crippen LogP contribution < -0.4 is 11.5 Å². The summed E-state index contributed by atoms with van der Waals surface area (Å²) >= 11 is 0. The second-order valence-corrected chi connectivity index (χ2v) is 6.15. The maximum absolute atomic E-state index is 11.6. The number of hydrogen-bond acceptors (Lipinski definition) is 7. The maximum Gasteiger partial charge on any atom is 0.319 e. The molecule has 22 heavy (non-hydrogen) atoms. The number of rotatable bonds is 16. The predicted molar refractivity (Wildman–Crippen MR) is 88.3 cm³/mol. The second-order valence-electron chi connectivity index (χ2n) is 5.07. The quantitative estimate of drug-likeness (QED) is 0.325. The minimum Gasteiger partial charge on any atom is -0.382 e. The van der Waals surface area contributed by atoms with Gasteiger partial charge >= 0.3 is 8.25 Å². The highest BCUT2D eigenvalue weighted by molar-refractivity contribution is 7.33. The number of hydrogen-bond donors (Lipinski definition) is 2. The van der Waals surface area contributed by atoms with E-state index in [2.05, 4.69) is 0 Å². The van der Waals surface area contributed by atoms with E-state index in [1.165, 1.54) is 0 Å². The van der Waals surface area contributed by atoms with Crippen molar-refractivity contribution in [2.24, 2.45) is 11.5 Å². The van der Waals surface area contributed by atoms with Crippen molar-refractivity contribution >= 4 is 8.25 Å². The molecule has 0 aliphatic heterocycles. The third-order valence-corrected chi connectivity index (χ3v) is 3.77. The monoisotopic (exact) mass is 340 g/mol. The Morgan fingerprint density at radius 3 is 1.64 bits per heavy atom. The van der Waals surface area contributed by atoms with Crippen LogP contribution in [0, 0.1) is 0 Å². The molecule has 0 spiro atoms. The van der Waals surface area contributed by atoms with E-state index in [0.717, 1.165) is 25.7 Å². The molecule has 0 radical (unpaired) electrons. The lowest BCUT2D eigenvalue weighted by atomic mass is 10.2. The molecule has 8 heteroatoms. The summed E-state index contributed by atoms with van der Waals surface area (Å²) in [5.41, 5.74) is 11.7. The van der Waals surface area contributed by atoms with Crippen LogP contribution in [0.2, 0.25) is 0 Å². The largest absolute Gasteiger partial charge is 0.382 e. The Morgan fingerprint density at radius 2 is 1.27 bits per heavy atom. The fourth-order valence-corrected chi connectivity index (χ4v) is 2.53. The SMILES string of the molecule is CCOCCCC(N)CO[PH](=O)OCC(N)CCCOCC. The van der Waals surface area contributed by atoms with Crippen molar-refractivity contribution in [3.8, 4) is 0 Å². The van der Waals surface area contributed by atoms with Gasteiger partial charge in [0.15, 0.2) is 0 Å². The topological polar surface area (TPSA) is 106 Å². The van der Waals surface area contributed by atoms with Gasteiger partial charge in [-0.3, -0.25) is 4.57 Å². The molecule has 0 aromatic carbocycles. The Labute approximate surface area is 134 Å². The average Bonchev–Trinajstić information content (AvgIpc) is 2.51. The Hall–Kier alpha value is -0.0100. The van der Waals surface area contributed by atoms with E-state index in [1.807, 2.05) is 13.8 Å². The standard InChI is InChI=1S/C14H33N2O5P/c1-3-18-9-5-7-13(15)11-20-22(17)21-12-14(16)8-6-10-19-4-2/h13-14,22H,3-12,15-16H2,1-2H3. The van der Waals surface area contributed by atoms with Gasteiger partial charge in [-0.05, 0) is 39.5 Å². The molecule has 0 saturated carbocycles. The highest BCUT2D eigenvalue weighted by atomic mass is 31.1. The van der Waals surface area contributed by atoms with Crippen molar-refractivity contribution in [1.82, 2.24) is 0 Å². The highest BCUT2D eigenvalue weighted by Gasteiger charge is 2.09. The first kappa shape index (κ1) is 22.0. The van der Waals surface area contributed by atoms with Crippen molar-refractivity contribution in [3.05, 3.63) is 0 Å². The van der Waals surface area contributed by atoms with E-state index in [4.69, 9.17) is 30.0 Å². The third-order valence-electron chi connectivity index (χ3n) is 2.97. The smallest absolute Gasteiger partial charge is 0.319 e. The van der Waals surface area contributed by atoms with Crippen LogP contribution in [0.3, 0.4) is 0 Å². The molecule has 0 rings (SSSR count). The van der Waals surface area contributed by atoms with E-state index >= 15 is 0 Å². The van der Waals surface area contributed by atoms with Crippen LogP contribution in [0.5, 0.6) is 0 Å². The van der Waals surface area contributed by atoms with E-state index in [1.54, 1.807) is 0 Å². The first-order valence-electron chi connectivity index (χ1n) is 8.06. The van der Waals surface area contributed by atoms with Gasteiger partial charge in [0.25, 0.3) is 0 Å². The van der Waals surface area contributed by atoms with Gasteiger partial charge in [-0.25, -0.2) is 0 Å². The van der Waals surface area contributed by atoms with Crippen LogP contribution in [0.15, 0.2) is 0 Å². The van der Waals surface area contributed by atoms with E-state index in [-0.39, 0.29) is 25.3 Å². The van der Waals surface area contributed by atoms with Crippen LogP contribution in [0.1, 0.15) is 39.5 Å². The zero-order valence-corrected chi connectivity index (χ0v) is 14.9. The Bertz CT molecular complexity index is 248. The zero-order chi connectivity index (χ0) is 16.6. The zero-order valence-electron chi connectivity index (χ0n) is 13.9. The van der Waals surface area contributed by atoms with E-state index in [0.29, 0.717) is 26.4 Å². The molecule has 0 fully saturated rings. The summed E-state index contributed by atoms with van der Waals surface area (Å²) in [6.45, 7) is 7.14. The molecule has 2 unspecified atom stereocenters. The lowest BCUT2D eigenvalue weighted by Gasteiger charge is -2.14. The average molecular weight is 340 g/mol. The minimum absolute atomic E-state index is 0.155. The van der Waals surface area contributed by atoms with Gasteiger partial charge in [-0.2, -0.15) is 0 Å². The third kappa shape index (κ3) is 14.9. The predicted octanol–water partition coefficient (Wildman–Crippen LogP) is 1.70. The first-order valence-corrected chi connectivity index (χ1v) is 9.28. The van der Waals surface area contributed by atoms with Crippen LogP contribution in [-0.4, -0.2) is 51.7 Å². The fourth-order valence-electron chi connectivity index (χ4n) is 1.74. The molecule has 0 aliphatic rings. The van der Waals surface area contributed by atoms with Crippen molar-refractivity contribution < 1.29 is 23.1 Å². The molecule has 0 aromatic rings. The van der Waals surface area contributed by atoms with Gasteiger partial charge in [0.1, 0.15) is 0 Å². The van der Waals surface area contributed by atoms with Gasteiger partial charge in [0.05, 0.1) is 13.2 Å². The van der Waals surface area contributed by atoms with Crippen LogP contribution in [-0.2, 0) is 23.1 Å². The molecule has 0 aromatic heterocycles. The van der Waals surface area contributed by atoms with Crippen molar-refractivity contribution in [2.45, 2.75) is 51.6 Å². The number of ether oxygens (including phenoxy) is 2. The molecule has 7 nitrogen and oxygen atoms in total. The molecule has 0 saturated heterocycles. The second kappa shape index (κ2) is 15.9. The molecule has 4 N–H and O–H groups in total. The Morgan fingerprint density at radius 1 is 0.864 bits per heavy atom. The summed E-state index contributed by atoms with van der Waals surface area (Å²) in [7, 11) is -2.52. The molecule has 0 aliphatic carbocycles. The van der Waals surface area contributed by atoms with Gasteiger partial charge in [-0.1, -0.05) is 0 Å². The summed E-state index contributed by atoms with van der Waals surface area (Å²) in [5.74, 6) is 0. The van der Waals surface area contributed by atoms with Crippen molar-refractivity contribution in [3.63, 3.8) is 0 Å². The van der Waals surface area contributed by atoms with Crippen LogP contribution in [0.4, 0.5) is 0 Å². The number of nitrogens with two attached hydrogens (primary N) is 2. The molecular weight excluding hydrogens is 307 g/mol. The first-order chi connectivity index (χ1) is 10.6. The summed E-state index contributed by atoms with van der Waals surface area (Å²) < 4.78 is 32.3. The molecular formula is C14H33N2O5P. The molecule has 0 amide bonds. The summed E-state index contributed by atoms with van der Waals surface area (Å²) in [5, 5.41) is 0. The summed E-state index contributed by atoms with van der Waals surface area (Å²) in [6.07, 6.45) is 3.27. The minimum atomic E-state index is -2.52. The van der Waals surface area contributed by atoms with E-state index in [9.17, 15) is 4.57 Å². The Kier molecular flexibility index (Phi) is 15.9. The van der Waals surface area contributed by atoms with Gasteiger partial charge in [0, 0.05) is 38.5 Å². The van der Waals surface area contributed by atoms with Crippen molar-refractivity contribution in [2.75, 3.05) is 39.6 Å². The molecule has 0 heterocycles. The lowest BCUT2D eigenvalue weighted by Crippen LogP contribution is -2.27. The Balaban J connectivity index is 3.51. The molecule has 134 valence electrons. The normalized spacial score (nSPS) is 15.6. The summed E-state index contributed by atoms with van der Waals surface area (Å²) in [6, 6.07) is -0.309. The summed E-state index contributed by atoms with van der Waals surface area (Å²) in [4.78, 5) is 0. The van der Waals surface area contributed by atoms with Gasteiger partial charge < -0.3 is 30.0 Å². The van der Waals surface area contributed by atoms with Crippen LogP contribution >= 0.6 is 8.25 Å². The van der Waals surface area contributed by atoms with Crippen molar-refractivity contribution in [1.29, 1.82) is 0 Å². The highest BCUT2D eigenvalue weighted by Crippen LogP contribution is 2.24. The maximum atomic E-state index is 11.6. The van der Waals surface area contributed by atoms with Gasteiger partial charge in [-0.15, -0.1) is 0 Å². The van der Waals surface area contributed by atoms with E-state index < -0.39 is 8.25 Å². The molecule has 2 atom stereocenters. The van der Waals surface area contributed by atoms with Gasteiger partial charge in [0.2, 0.25) is 0 Å². The van der Waals surface area contributed by atoms with Crippen LogP contribution in [0.25, 0.3) is 0 Å². The lowest BCUT2D eigenvalue weighted by molar-refractivity contribution is 0.136. The molecule has 0 bridgehead atoms. The fraction of sp³-hybridized carbons (Fsp3) is 1.00.